The largest absolute Gasteiger partial charge is 0.305 e. The lowest BCUT2D eigenvalue weighted by atomic mass is 10.1. The molecule has 0 aliphatic carbocycles. The Balaban J connectivity index is 2.37. The van der Waals surface area contributed by atoms with Gasteiger partial charge in [0, 0.05) is 6.20 Å². The number of nitrogens with zero attached hydrogens (tertiary/aromatic N) is 1. The second-order valence-electron chi connectivity index (χ2n) is 3.42. The fourth-order valence-electron chi connectivity index (χ4n) is 1.63. The average Bonchev–Trinajstić information content (AvgIpc) is 2.80. The number of halogens is 1. The zero-order valence-corrected chi connectivity index (χ0v) is 10.6. The number of thiophene rings is 1. The maximum absolute atomic E-state index is 6.17. The summed E-state index contributed by atoms with van der Waals surface area (Å²) in [5, 5.41) is 8.30. The van der Waals surface area contributed by atoms with Crippen LogP contribution in [0.25, 0.3) is 0 Å². The maximum Gasteiger partial charge on any atom is 0.0804 e. The molecule has 0 amide bonds. The summed E-state index contributed by atoms with van der Waals surface area (Å²) in [7, 11) is 0. The summed E-state index contributed by atoms with van der Waals surface area (Å²) < 4.78 is 0. The smallest absolute Gasteiger partial charge is 0.0804 e. The number of aromatic nitrogens is 1. The van der Waals surface area contributed by atoms with Gasteiger partial charge in [-0.3, -0.25) is 4.98 Å². The van der Waals surface area contributed by atoms with Crippen molar-refractivity contribution >= 4 is 22.9 Å². The van der Waals surface area contributed by atoms with E-state index in [1.54, 1.807) is 17.5 Å². The Morgan fingerprint density at radius 1 is 1.50 bits per heavy atom. The molecular weight excluding hydrogens is 240 g/mol. The van der Waals surface area contributed by atoms with Crippen LogP contribution in [0.4, 0.5) is 0 Å². The lowest BCUT2D eigenvalue weighted by Crippen LogP contribution is -2.22. The monoisotopic (exact) mass is 252 g/mol. The van der Waals surface area contributed by atoms with Crippen LogP contribution in [0, 0.1) is 0 Å². The number of rotatable bonds is 4. The van der Waals surface area contributed by atoms with Crippen molar-refractivity contribution in [2.75, 3.05) is 6.54 Å². The first-order valence-electron chi connectivity index (χ1n) is 5.18. The zero-order chi connectivity index (χ0) is 11.4. The predicted octanol–water partition coefficient (Wildman–Crippen LogP) is 3.50. The van der Waals surface area contributed by atoms with Gasteiger partial charge in [-0.05, 0) is 41.1 Å². The summed E-state index contributed by atoms with van der Waals surface area (Å²) in [5.41, 5.74) is 2.11. The Hall–Kier alpha value is -0.900. The second kappa shape index (κ2) is 5.43. The van der Waals surface area contributed by atoms with Gasteiger partial charge in [0.05, 0.1) is 16.8 Å². The van der Waals surface area contributed by atoms with Crippen LogP contribution in [-0.2, 0) is 0 Å². The fraction of sp³-hybridized carbons (Fsp3) is 0.250. The molecule has 0 aliphatic rings. The predicted molar refractivity (Wildman–Crippen MR) is 69.1 cm³/mol. The molecule has 1 N–H and O–H groups in total. The van der Waals surface area contributed by atoms with E-state index in [1.807, 2.05) is 12.1 Å². The van der Waals surface area contributed by atoms with E-state index in [2.05, 4.69) is 34.1 Å². The highest BCUT2D eigenvalue weighted by atomic mass is 35.5. The van der Waals surface area contributed by atoms with Crippen LogP contribution in [0.1, 0.15) is 24.2 Å². The van der Waals surface area contributed by atoms with Gasteiger partial charge in [0.25, 0.3) is 0 Å². The molecule has 16 heavy (non-hydrogen) atoms. The van der Waals surface area contributed by atoms with Crippen molar-refractivity contribution in [1.82, 2.24) is 10.3 Å². The molecule has 0 saturated carbocycles. The SMILES string of the molecule is CCNC(c1ccsc1)c1ncccc1Cl. The lowest BCUT2D eigenvalue weighted by molar-refractivity contribution is 0.617. The normalized spacial score (nSPS) is 12.6. The van der Waals surface area contributed by atoms with Gasteiger partial charge in [-0.15, -0.1) is 0 Å². The second-order valence-corrected chi connectivity index (χ2v) is 4.61. The van der Waals surface area contributed by atoms with Crippen LogP contribution in [0.3, 0.4) is 0 Å². The summed E-state index contributed by atoms with van der Waals surface area (Å²) in [6, 6.07) is 5.91. The van der Waals surface area contributed by atoms with Gasteiger partial charge in [-0.2, -0.15) is 11.3 Å². The van der Waals surface area contributed by atoms with Crippen molar-refractivity contribution in [1.29, 1.82) is 0 Å². The lowest BCUT2D eigenvalue weighted by Gasteiger charge is -2.17. The molecule has 0 bridgehead atoms. The molecule has 2 heterocycles. The first-order valence-corrected chi connectivity index (χ1v) is 6.51. The molecule has 1 unspecified atom stereocenters. The highest BCUT2D eigenvalue weighted by molar-refractivity contribution is 7.08. The van der Waals surface area contributed by atoms with E-state index in [9.17, 15) is 0 Å². The minimum Gasteiger partial charge on any atom is -0.305 e. The van der Waals surface area contributed by atoms with Gasteiger partial charge in [0.15, 0.2) is 0 Å². The minimum absolute atomic E-state index is 0.0879. The van der Waals surface area contributed by atoms with Gasteiger partial charge in [0.2, 0.25) is 0 Å². The van der Waals surface area contributed by atoms with E-state index in [4.69, 9.17) is 11.6 Å². The molecule has 0 spiro atoms. The number of nitrogens with one attached hydrogen (secondary N) is 1. The Morgan fingerprint density at radius 2 is 2.38 bits per heavy atom. The average molecular weight is 253 g/mol. The molecule has 2 aromatic rings. The van der Waals surface area contributed by atoms with Crippen molar-refractivity contribution in [2.45, 2.75) is 13.0 Å². The van der Waals surface area contributed by atoms with E-state index < -0.39 is 0 Å². The number of hydrogen-bond acceptors (Lipinski definition) is 3. The molecule has 0 aliphatic heterocycles. The number of pyridine rings is 1. The Kier molecular flexibility index (Phi) is 3.93. The van der Waals surface area contributed by atoms with Gasteiger partial charge in [0.1, 0.15) is 0 Å². The minimum atomic E-state index is 0.0879. The quantitative estimate of drug-likeness (QED) is 0.901. The zero-order valence-electron chi connectivity index (χ0n) is 8.98. The van der Waals surface area contributed by atoms with Crippen molar-refractivity contribution < 1.29 is 0 Å². The molecule has 0 fully saturated rings. The maximum atomic E-state index is 6.17. The summed E-state index contributed by atoms with van der Waals surface area (Å²) >= 11 is 7.86. The molecule has 2 nitrogen and oxygen atoms in total. The topological polar surface area (TPSA) is 24.9 Å². The molecule has 1 atom stereocenters. The standard InChI is InChI=1S/C12H13ClN2S/c1-2-14-11(9-5-7-16-8-9)12-10(13)4-3-6-15-12/h3-8,11,14H,2H2,1H3. The summed E-state index contributed by atoms with van der Waals surface area (Å²) in [6.07, 6.45) is 1.78. The highest BCUT2D eigenvalue weighted by Crippen LogP contribution is 2.27. The van der Waals surface area contributed by atoms with Crippen LogP contribution in [0.2, 0.25) is 5.02 Å². The van der Waals surface area contributed by atoms with Gasteiger partial charge >= 0.3 is 0 Å². The van der Waals surface area contributed by atoms with Gasteiger partial charge in [-0.25, -0.2) is 0 Å². The van der Waals surface area contributed by atoms with Crippen molar-refractivity contribution in [3.8, 4) is 0 Å². The van der Waals surface area contributed by atoms with Crippen LogP contribution < -0.4 is 5.32 Å². The van der Waals surface area contributed by atoms with Crippen molar-refractivity contribution in [2.24, 2.45) is 0 Å². The summed E-state index contributed by atoms with van der Waals surface area (Å²) in [5.74, 6) is 0. The van der Waals surface area contributed by atoms with Crippen LogP contribution in [0.15, 0.2) is 35.2 Å². The van der Waals surface area contributed by atoms with E-state index in [0.717, 1.165) is 12.2 Å². The van der Waals surface area contributed by atoms with Crippen LogP contribution in [-0.4, -0.2) is 11.5 Å². The third-order valence-corrected chi connectivity index (χ3v) is 3.37. The van der Waals surface area contributed by atoms with Crippen LogP contribution >= 0.6 is 22.9 Å². The Bertz CT molecular complexity index is 442. The van der Waals surface area contributed by atoms with Crippen molar-refractivity contribution in [3.05, 3.63) is 51.4 Å². The summed E-state index contributed by atoms with van der Waals surface area (Å²) in [4.78, 5) is 4.36. The van der Waals surface area contributed by atoms with Gasteiger partial charge in [-0.1, -0.05) is 18.5 Å². The molecule has 84 valence electrons. The van der Waals surface area contributed by atoms with Crippen molar-refractivity contribution in [3.63, 3.8) is 0 Å². The highest BCUT2D eigenvalue weighted by Gasteiger charge is 2.17. The third kappa shape index (κ3) is 2.43. The van der Waals surface area contributed by atoms with Gasteiger partial charge < -0.3 is 5.32 Å². The van der Waals surface area contributed by atoms with Crippen LogP contribution in [0.5, 0.6) is 0 Å². The molecule has 4 heteroatoms. The van der Waals surface area contributed by atoms with E-state index >= 15 is 0 Å². The number of hydrogen-bond donors (Lipinski definition) is 1. The Morgan fingerprint density at radius 3 is 3.00 bits per heavy atom. The molecular formula is C12H13ClN2S. The first kappa shape index (κ1) is 11.6. The molecule has 0 radical (unpaired) electrons. The Labute approximate surface area is 104 Å². The van der Waals surface area contributed by atoms with E-state index in [-0.39, 0.29) is 6.04 Å². The van der Waals surface area contributed by atoms with E-state index in [1.165, 1.54) is 5.56 Å². The first-order chi connectivity index (χ1) is 7.83. The fourth-order valence-corrected chi connectivity index (χ4v) is 2.54. The molecule has 2 rings (SSSR count). The third-order valence-electron chi connectivity index (χ3n) is 2.35. The van der Waals surface area contributed by atoms with E-state index in [0.29, 0.717) is 5.02 Å². The molecule has 0 aromatic carbocycles. The molecule has 2 aromatic heterocycles. The summed E-state index contributed by atoms with van der Waals surface area (Å²) in [6.45, 7) is 2.96. The molecule has 0 saturated heterocycles.